The Morgan fingerprint density at radius 3 is 2.67 bits per heavy atom. The second-order valence-electron chi connectivity index (χ2n) is 2.03. The third-order valence-corrected chi connectivity index (χ3v) is 1.86. The lowest BCUT2D eigenvalue weighted by molar-refractivity contribution is -0.114. The Labute approximate surface area is 57.6 Å². The van der Waals surface area contributed by atoms with Gasteiger partial charge in [0.05, 0.1) is 5.38 Å². The lowest BCUT2D eigenvalue weighted by Crippen LogP contribution is -2.47. The molecule has 0 aromatic carbocycles. The van der Waals surface area contributed by atoms with E-state index in [4.69, 9.17) is 16.7 Å². The summed E-state index contributed by atoms with van der Waals surface area (Å²) in [4.78, 5) is 0. The third kappa shape index (κ3) is 1.34. The van der Waals surface area contributed by atoms with Crippen molar-refractivity contribution in [3.05, 3.63) is 0 Å². The summed E-state index contributed by atoms with van der Waals surface area (Å²) in [5.74, 6) is 0. The number of rotatable bonds is 2. The molecular weight excluding hydrogens is 147 g/mol. The van der Waals surface area contributed by atoms with Crippen LogP contribution in [0.5, 0.6) is 0 Å². The summed E-state index contributed by atoms with van der Waals surface area (Å²) in [7, 11) is 0. The first-order valence-corrected chi connectivity index (χ1v) is 3.20. The number of halogens is 2. The van der Waals surface area contributed by atoms with Crippen molar-refractivity contribution in [3.63, 3.8) is 0 Å². The van der Waals surface area contributed by atoms with Gasteiger partial charge in [0.1, 0.15) is 19.1 Å². The zero-order valence-corrected chi connectivity index (χ0v) is 5.51. The normalized spacial score (nSPS) is 42.3. The maximum Gasteiger partial charge on any atom is 0.144 e. The lowest BCUT2D eigenvalue weighted by atomic mass is 9.93. The Kier molecular flexibility index (Phi) is 2.27. The van der Waals surface area contributed by atoms with E-state index in [0.717, 1.165) is 0 Å². The first kappa shape index (κ1) is 7.25. The zero-order valence-electron chi connectivity index (χ0n) is 4.76. The molecule has 0 bridgehead atoms. The van der Waals surface area contributed by atoms with Gasteiger partial charge in [-0.1, -0.05) is 0 Å². The minimum absolute atomic E-state index is 0.257. The van der Waals surface area contributed by atoms with Crippen LogP contribution in [0.15, 0.2) is 0 Å². The predicted molar refractivity (Wildman–Crippen MR) is 31.1 cm³/mol. The molecule has 2 unspecified atom stereocenters. The Morgan fingerprint density at radius 1 is 1.78 bits per heavy atom. The van der Waals surface area contributed by atoms with Crippen LogP contribution in [-0.4, -0.2) is 29.6 Å². The molecule has 0 heterocycles. The first-order valence-electron chi connectivity index (χ1n) is 2.76. The fourth-order valence-electron chi connectivity index (χ4n) is 0.809. The Balaban J connectivity index is 2.22. The second kappa shape index (κ2) is 2.82. The summed E-state index contributed by atoms with van der Waals surface area (Å²) >= 11 is 5.51. The van der Waals surface area contributed by atoms with E-state index in [1.807, 2.05) is 0 Å². The van der Waals surface area contributed by atoms with Crippen LogP contribution in [0.4, 0.5) is 4.39 Å². The molecule has 0 saturated heterocycles. The van der Waals surface area contributed by atoms with E-state index in [9.17, 15) is 4.39 Å². The fraction of sp³-hybridized carbons (Fsp3) is 1.00. The monoisotopic (exact) mass is 154 g/mol. The molecule has 1 rings (SSSR count). The van der Waals surface area contributed by atoms with Gasteiger partial charge in [0, 0.05) is 6.42 Å². The molecule has 3 atom stereocenters. The highest BCUT2D eigenvalue weighted by Crippen LogP contribution is 2.31. The highest BCUT2D eigenvalue weighted by molar-refractivity contribution is 6.21. The van der Waals surface area contributed by atoms with Gasteiger partial charge in [0.2, 0.25) is 0 Å². The topological polar surface area (TPSA) is 29.5 Å². The highest BCUT2D eigenvalue weighted by atomic mass is 35.5. The van der Waals surface area contributed by atoms with Crippen LogP contribution in [0.2, 0.25) is 0 Å². The van der Waals surface area contributed by atoms with Gasteiger partial charge in [0.25, 0.3) is 0 Å². The molecule has 0 aromatic rings. The van der Waals surface area contributed by atoms with Crippen LogP contribution in [0.1, 0.15) is 6.42 Å². The van der Waals surface area contributed by atoms with Gasteiger partial charge < -0.3 is 9.84 Å². The molecule has 4 heteroatoms. The van der Waals surface area contributed by atoms with Crippen molar-refractivity contribution in [1.82, 2.24) is 0 Å². The summed E-state index contributed by atoms with van der Waals surface area (Å²) in [6.45, 7) is -0.450. The molecule has 1 aliphatic carbocycles. The smallest absolute Gasteiger partial charge is 0.144 e. The molecule has 0 amide bonds. The summed E-state index contributed by atoms with van der Waals surface area (Å²) < 4.78 is 16.8. The number of hydrogen-bond donors (Lipinski definition) is 1. The number of aliphatic hydroxyl groups is 1. The third-order valence-electron chi connectivity index (χ3n) is 1.43. The van der Waals surface area contributed by atoms with Crippen molar-refractivity contribution in [3.8, 4) is 0 Å². The number of alkyl halides is 2. The van der Waals surface area contributed by atoms with Gasteiger partial charge in [-0.3, -0.25) is 0 Å². The number of aliphatic hydroxyl groups excluding tert-OH is 1. The van der Waals surface area contributed by atoms with E-state index >= 15 is 0 Å². The molecule has 1 saturated carbocycles. The van der Waals surface area contributed by atoms with Gasteiger partial charge in [-0.25, -0.2) is 4.39 Å². The molecule has 0 aliphatic heterocycles. The van der Waals surface area contributed by atoms with Crippen molar-refractivity contribution in [2.24, 2.45) is 0 Å². The van der Waals surface area contributed by atoms with Gasteiger partial charge in [0.15, 0.2) is 0 Å². The Hall–Kier alpha value is 0.140. The zero-order chi connectivity index (χ0) is 6.85. The molecule has 0 radical (unpaired) electrons. The fourth-order valence-corrected chi connectivity index (χ4v) is 1.21. The van der Waals surface area contributed by atoms with E-state index in [1.165, 1.54) is 0 Å². The quantitative estimate of drug-likeness (QED) is 0.468. The van der Waals surface area contributed by atoms with Crippen LogP contribution >= 0.6 is 11.6 Å². The van der Waals surface area contributed by atoms with Crippen molar-refractivity contribution in [2.75, 3.05) is 6.79 Å². The maximum atomic E-state index is 12.3. The molecular formula is C5H8ClFO2. The van der Waals surface area contributed by atoms with Crippen molar-refractivity contribution >= 4 is 11.6 Å². The standard InChI is InChI=1S/C5H8ClFO2/c6-3-1-4(7)5(3)9-2-8/h3-5,8H,1-2H2/t3?,4?,5-/m0/s1. The van der Waals surface area contributed by atoms with E-state index < -0.39 is 19.1 Å². The van der Waals surface area contributed by atoms with Crippen molar-refractivity contribution < 1.29 is 14.2 Å². The van der Waals surface area contributed by atoms with Gasteiger partial charge in [-0.2, -0.15) is 0 Å². The van der Waals surface area contributed by atoms with E-state index in [0.29, 0.717) is 6.42 Å². The van der Waals surface area contributed by atoms with E-state index in [2.05, 4.69) is 4.74 Å². The highest BCUT2D eigenvalue weighted by Gasteiger charge is 2.41. The van der Waals surface area contributed by atoms with Crippen LogP contribution in [0.25, 0.3) is 0 Å². The van der Waals surface area contributed by atoms with Crippen molar-refractivity contribution in [1.29, 1.82) is 0 Å². The molecule has 54 valence electrons. The molecule has 1 N–H and O–H groups in total. The minimum Gasteiger partial charge on any atom is -0.371 e. The van der Waals surface area contributed by atoms with Gasteiger partial charge in [-0.05, 0) is 0 Å². The molecule has 2 nitrogen and oxygen atoms in total. The lowest BCUT2D eigenvalue weighted by Gasteiger charge is -2.34. The van der Waals surface area contributed by atoms with Crippen molar-refractivity contribution in [2.45, 2.75) is 24.1 Å². The molecule has 1 aliphatic rings. The first-order chi connectivity index (χ1) is 4.25. The van der Waals surface area contributed by atoms with Gasteiger partial charge in [-0.15, -0.1) is 11.6 Å². The molecule has 1 fully saturated rings. The van der Waals surface area contributed by atoms with Crippen LogP contribution < -0.4 is 0 Å². The summed E-state index contributed by atoms with van der Waals surface area (Å²) in [5.41, 5.74) is 0. The van der Waals surface area contributed by atoms with E-state index in [-0.39, 0.29) is 5.38 Å². The minimum atomic E-state index is -0.986. The van der Waals surface area contributed by atoms with Crippen LogP contribution in [-0.2, 0) is 4.74 Å². The SMILES string of the molecule is OCO[C@@H]1C(F)CC1Cl. The Morgan fingerprint density at radius 2 is 2.44 bits per heavy atom. The average molecular weight is 155 g/mol. The summed E-state index contributed by atoms with van der Waals surface area (Å²) in [6.07, 6.45) is -1.23. The molecule has 0 aromatic heterocycles. The van der Waals surface area contributed by atoms with Crippen LogP contribution in [0, 0.1) is 0 Å². The molecule has 0 spiro atoms. The predicted octanol–water partition coefficient (Wildman–Crippen LogP) is 0.671. The summed E-state index contributed by atoms with van der Waals surface area (Å²) in [6, 6.07) is 0. The Bertz CT molecular complexity index is 93.0. The van der Waals surface area contributed by atoms with Gasteiger partial charge >= 0.3 is 0 Å². The second-order valence-corrected chi connectivity index (χ2v) is 2.59. The number of hydrogen-bond acceptors (Lipinski definition) is 2. The largest absolute Gasteiger partial charge is 0.371 e. The summed E-state index contributed by atoms with van der Waals surface area (Å²) in [5, 5.41) is 7.93. The average Bonchev–Trinajstić information content (AvgIpc) is 1.84. The maximum absolute atomic E-state index is 12.3. The number of ether oxygens (including phenoxy) is 1. The van der Waals surface area contributed by atoms with E-state index in [1.54, 1.807) is 0 Å². The molecule has 9 heavy (non-hydrogen) atoms. The van der Waals surface area contributed by atoms with Crippen LogP contribution in [0.3, 0.4) is 0 Å².